The van der Waals surface area contributed by atoms with E-state index in [0.717, 1.165) is 17.8 Å². The standard InChI is InChI=1S/C13H18N4O/c1-4-14-9-12-15-13(18-16-12)10-6-5-7-11(8-10)17(2)3/h5-8,14H,4,9H2,1-3H3. The van der Waals surface area contributed by atoms with E-state index in [-0.39, 0.29) is 0 Å². The van der Waals surface area contributed by atoms with Crippen molar-refractivity contribution in [1.29, 1.82) is 0 Å². The van der Waals surface area contributed by atoms with Gasteiger partial charge in [-0.2, -0.15) is 4.98 Å². The van der Waals surface area contributed by atoms with Crippen molar-refractivity contribution in [3.63, 3.8) is 0 Å². The van der Waals surface area contributed by atoms with E-state index in [1.54, 1.807) is 0 Å². The first-order chi connectivity index (χ1) is 8.70. The van der Waals surface area contributed by atoms with Crippen LogP contribution in [0, 0.1) is 0 Å². The predicted octanol–water partition coefficient (Wildman–Crippen LogP) is 1.91. The number of hydrogen-bond acceptors (Lipinski definition) is 5. The van der Waals surface area contributed by atoms with E-state index in [4.69, 9.17) is 4.52 Å². The molecule has 0 radical (unpaired) electrons. The minimum absolute atomic E-state index is 0.562. The Morgan fingerprint density at radius 2 is 2.17 bits per heavy atom. The summed E-state index contributed by atoms with van der Waals surface area (Å²) < 4.78 is 5.26. The van der Waals surface area contributed by atoms with E-state index in [2.05, 4.69) is 15.5 Å². The van der Waals surface area contributed by atoms with E-state index >= 15 is 0 Å². The molecule has 0 aliphatic rings. The Labute approximate surface area is 107 Å². The van der Waals surface area contributed by atoms with Crippen LogP contribution in [0.4, 0.5) is 5.69 Å². The second kappa shape index (κ2) is 5.64. The third kappa shape index (κ3) is 2.87. The highest BCUT2D eigenvalue weighted by molar-refractivity contribution is 5.61. The molecule has 5 nitrogen and oxygen atoms in total. The molecule has 2 aromatic rings. The molecule has 0 bridgehead atoms. The van der Waals surface area contributed by atoms with Crippen molar-refractivity contribution in [3.05, 3.63) is 30.1 Å². The molecular formula is C13H18N4O. The van der Waals surface area contributed by atoms with Crippen LogP contribution in [0.2, 0.25) is 0 Å². The molecule has 1 heterocycles. The molecule has 0 fully saturated rings. The van der Waals surface area contributed by atoms with E-state index in [1.807, 2.05) is 50.2 Å². The Morgan fingerprint density at radius 1 is 1.33 bits per heavy atom. The first-order valence-corrected chi connectivity index (χ1v) is 6.01. The highest BCUT2D eigenvalue weighted by atomic mass is 16.5. The normalized spacial score (nSPS) is 10.6. The lowest BCUT2D eigenvalue weighted by Crippen LogP contribution is -2.12. The molecule has 0 unspecified atom stereocenters. The van der Waals surface area contributed by atoms with Gasteiger partial charge in [-0.15, -0.1) is 0 Å². The minimum atomic E-state index is 0.562. The molecule has 0 saturated heterocycles. The highest BCUT2D eigenvalue weighted by Crippen LogP contribution is 2.22. The van der Waals surface area contributed by atoms with Gasteiger partial charge in [0.25, 0.3) is 5.89 Å². The van der Waals surface area contributed by atoms with Crippen molar-refractivity contribution < 1.29 is 4.52 Å². The molecule has 1 aromatic heterocycles. The van der Waals surface area contributed by atoms with Crippen LogP contribution in [-0.4, -0.2) is 30.8 Å². The molecule has 0 aliphatic heterocycles. The molecule has 18 heavy (non-hydrogen) atoms. The molecule has 0 atom stereocenters. The third-order valence-corrected chi connectivity index (χ3v) is 2.61. The van der Waals surface area contributed by atoms with Gasteiger partial charge in [0.2, 0.25) is 0 Å². The summed E-state index contributed by atoms with van der Waals surface area (Å²) in [7, 11) is 4.01. The zero-order chi connectivity index (χ0) is 13.0. The van der Waals surface area contributed by atoms with Crippen molar-refractivity contribution in [2.24, 2.45) is 0 Å². The second-order valence-electron chi connectivity index (χ2n) is 4.24. The SMILES string of the molecule is CCNCc1noc(-c2cccc(N(C)C)c2)n1. The smallest absolute Gasteiger partial charge is 0.258 e. The number of anilines is 1. The lowest BCUT2D eigenvalue weighted by Gasteiger charge is -2.12. The first kappa shape index (κ1) is 12.6. The maximum atomic E-state index is 5.26. The molecule has 0 saturated carbocycles. The Hall–Kier alpha value is -1.88. The third-order valence-electron chi connectivity index (χ3n) is 2.61. The van der Waals surface area contributed by atoms with Crippen LogP contribution in [0.3, 0.4) is 0 Å². The predicted molar refractivity (Wildman–Crippen MR) is 71.4 cm³/mol. The topological polar surface area (TPSA) is 54.2 Å². The fraction of sp³-hybridized carbons (Fsp3) is 0.385. The molecule has 5 heteroatoms. The van der Waals surface area contributed by atoms with E-state index in [1.165, 1.54) is 0 Å². The summed E-state index contributed by atoms with van der Waals surface area (Å²) in [6.07, 6.45) is 0. The van der Waals surface area contributed by atoms with Crippen LogP contribution in [0.5, 0.6) is 0 Å². The van der Waals surface area contributed by atoms with Gasteiger partial charge in [0.1, 0.15) is 0 Å². The highest BCUT2D eigenvalue weighted by Gasteiger charge is 2.09. The molecule has 0 amide bonds. The number of nitrogens with one attached hydrogen (secondary N) is 1. The maximum absolute atomic E-state index is 5.26. The fourth-order valence-electron chi connectivity index (χ4n) is 1.60. The zero-order valence-electron chi connectivity index (χ0n) is 11.0. The number of aromatic nitrogens is 2. The van der Waals surface area contributed by atoms with Gasteiger partial charge in [0.15, 0.2) is 5.82 Å². The Balaban J connectivity index is 2.20. The molecule has 1 aromatic carbocycles. The molecular weight excluding hydrogens is 228 g/mol. The zero-order valence-corrected chi connectivity index (χ0v) is 11.0. The summed E-state index contributed by atoms with van der Waals surface area (Å²) in [6.45, 7) is 3.56. The van der Waals surface area contributed by atoms with Crippen molar-refractivity contribution in [1.82, 2.24) is 15.5 Å². The Bertz CT molecular complexity index is 507. The van der Waals surface area contributed by atoms with Crippen molar-refractivity contribution in [2.75, 3.05) is 25.5 Å². The van der Waals surface area contributed by atoms with Crippen molar-refractivity contribution in [3.8, 4) is 11.5 Å². The van der Waals surface area contributed by atoms with Gasteiger partial charge in [-0.1, -0.05) is 18.1 Å². The fourth-order valence-corrected chi connectivity index (χ4v) is 1.60. The van der Waals surface area contributed by atoms with Crippen molar-refractivity contribution in [2.45, 2.75) is 13.5 Å². The van der Waals surface area contributed by atoms with Gasteiger partial charge in [-0.3, -0.25) is 0 Å². The monoisotopic (exact) mass is 246 g/mol. The molecule has 0 aliphatic carbocycles. The van der Waals surface area contributed by atoms with E-state index in [0.29, 0.717) is 18.3 Å². The largest absolute Gasteiger partial charge is 0.378 e. The van der Waals surface area contributed by atoms with E-state index < -0.39 is 0 Å². The quantitative estimate of drug-likeness (QED) is 0.873. The van der Waals surface area contributed by atoms with E-state index in [9.17, 15) is 0 Å². The number of benzene rings is 1. The van der Waals surface area contributed by atoms with Crippen LogP contribution in [0.15, 0.2) is 28.8 Å². The van der Waals surface area contributed by atoms with Crippen LogP contribution < -0.4 is 10.2 Å². The van der Waals surface area contributed by atoms with Gasteiger partial charge < -0.3 is 14.7 Å². The van der Waals surface area contributed by atoms with Crippen LogP contribution in [0.1, 0.15) is 12.7 Å². The average molecular weight is 246 g/mol. The average Bonchev–Trinajstić information content (AvgIpc) is 2.85. The van der Waals surface area contributed by atoms with Gasteiger partial charge >= 0.3 is 0 Å². The maximum Gasteiger partial charge on any atom is 0.258 e. The molecule has 96 valence electrons. The summed E-state index contributed by atoms with van der Waals surface area (Å²) in [6, 6.07) is 8.03. The Morgan fingerprint density at radius 3 is 2.89 bits per heavy atom. The lowest BCUT2D eigenvalue weighted by atomic mass is 10.2. The number of nitrogens with zero attached hydrogens (tertiary/aromatic N) is 3. The Kier molecular flexibility index (Phi) is 3.94. The van der Waals surface area contributed by atoms with Crippen LogP contribution in [-0.2, 0) is 6.54 Å². The number of hydrogen-bond donors (Lipinski definition) is 1. The first-order valence-electron chi connectivity index (χ1n) is 6.01. The molecule has 1 N–H and O–H groups in total. The van der Waals surface area contributed by atoms with Gasteiger partial charge in [-0.05, 0) is 24.7 Å². The van der Waals surface area contributed by atoms with Gasteiger partial charge in [-0.25, -0.2) is 0 Å². The van der Waals surface area contributed by atoms with Gasteiger partial charge in [0.05, 0.1) is 6.54 Å². The molecule has 2 rings (SSSR count). The van der Waals surface area contributed by atoms with Crippen molar-refractivity contribution >= 4 is 5.69 Å². The summed E-state index contributed by atoms with van der Waals surface area (Å²) >= 11 is 0. The molecule has 0 spiro atoms. The summed E-state index contributed by atoms with van der Waals surface area (Å²) in [5.41, 5.74) is 2.05. The number of rotatable bonds is 5. The minimum Gasteiger partial charge on any atom is -0.378 e. The summed E-state index contributed by atoms with van der Waals surface area (Å²) in [5.74, 6) is 1.24. The van der Waals surface area contributed by atoms with Gasteiger partial charge in [0, 0.05) is 25.3 Å². The summed E-state index contributed by atoms with van der Waals surface area (Å²) in [5, 5.41) is 7.11. The lowest BCUT2D eigenvalue weighted by molar-refractivity contribution is 0.420. The second-order valence-corrected chi connectivity index (χ2v) is 4.24. The van der Waals surface area contributed by atoms with Crippen LogP contribution >= 0.6 is 0 Å². The summed E-state index contributed by atoms with van der Waals surface area (Å²) in [4.78, 5) is 6.40. The van der Waals surface area contributed by atoms with Crippen LogP contribution in [0.25, 0.3) is 11.5 Å².